The normalized spacial score (nSPS) is 11.9. The van der Waals surface area contributed by atoms with Crippen LogP contribution in [-0.4, -0.2) is 51.5 Å². The lowest BCUT2D eigenvalue weighted by Crippen LogP contribution is -2.30. The molecule has 4 aromatic rings. The smallest absolute Gasteiger partial charge is 0.475 e. The number of carbonyl (C=O) groups excluding carboxylic acids is 1. The number of nitrogens with zero attached hydrogens (tertiary/aromatic N) is 1. The Hall–Kier alpha value is -4.99. The number of pyridine rings is 1. The molecule has 0 radical (unpaired) electrons. The molecule has 1 atom stereocenters. The maximum atomic E-state index is 12.9. The van der Waals surface area contributed by atoms with Gasteiger partial charge in [-0.2, -0.15) is 26.3 Å². The number of halogens is 6. The summed E-state index contributed by atoms with van der Waals surface area (Å²) >= 11 is 0. The summed E-state index contributed by atoms with van der Waals surface area (Å²) in [5.74, 6) is -5.81. The van der Waals surface area contributed by atoms with Crippen molar-refractivity contribution in [3.63, 3.8) is 0 Å². The summed E-state index contributed by atoms with van der Waals surface area (Å²) in [4.78, 5) is 46.8. The molecule has 0 bridgehead atoms. The number of fused-ring (bicyclic) bond motifs is 2. The maximum absolute atomic E-state index is 12.9. The van der Waals surface area contributed by atoms with Crippen LogP contribution in [0.25, 0.3) is 33.1 Å². The molecule has 0 aliphatic rings. The number of aromatic nitrogens is 1. The van der Waals surface area contributed by atoms with Crippen molar-refractivity contribution >= 4 is 39.8 Å². The molecule has 2 heterocycles. The number of carboxylic acid groups (broad SMARTS) is 2. The average molecular weight is 588 g/mol. The maximum Gasteiger partial charge on any atom is 0.490 e. The Bertz CT molecular complexity index is 1610. The molecule has 10 nitrogen and oxygen atoms in total. The van der Waals surface area contributed by atoms with Crippen molar-refractivity contribution in [1.29, 1.82) is 0 Å². The van der Waals surface area contributed by atoms with E-state index in [9.17, 15) is 35.9 Å². The number of benzene rings is 2. The minimum Gasteiger partial charge on any atom is -0.475 e. The third kappa shape index (κ3) is 9.03. The predicted molar refractivity (Wildman–Crippen MR) is 130 cm³/mol. The lowest BCUT2D eigenvalue weighted by molar-refractivity contribution is -0.193. The third-order valence-electron chi connectivity index (χ3n) is 4.70. The molecule has 0 spiro atoms. The van der Waals surface area contributed by atoms with Gasteiger partial charge in [-0.05, 0) is 31.2 Å². The number of rotatable bonds is 3. The molecular weight excluding hydrogens is 570 g/mol. The van der Waals surface area contributed by atoms with Gasteiger partial charge in [-0.1, -0.05) is 24.3 Å². The second-order valence-corrected chi connectivity index (χ2v) is 7.84. The van der Waals surface area contributed by atoms with E-state index in [1.807, 2.05) is 30.3 Å². The summed E-state index contributed by atoms with van der Waals surface area (Å²) in [5, 5.41) is 15.6. The molecule has 16 heteroatoms. The molecule has 2 aromatic carbocycles. The van der Waals surface area contributed by atoms with Gasteiger partial charge >= 0.3 is 30.3 Å². The Balaban J connectivity index is 0.000000349. The van der Waals surface area contributed by atoms with Crippen LogP contribution in [0.2, 0.25) is 0 Å². The topological polar surface area (TPSA) is 170 Å². The van der Waals surface area contributed by atoms with Gasteiger partial charge in [0.2, 0.25) is 5.43 Å². The van der Waals surface area contributed by atoms with E-state index < -0.39 is 36.3 Å². The van der Waals surface area contributed by atoms with E-state index in [1.165, 1.54) is 25.3 Å². The second kappa shape index (κ2) is 12.9. The van der Waals surface area contributed by atoms with Crippen molar-refractivity contribution in [2.24, 2.45) is 5.73 Å². The lowest BCUT2D eigenvalue weighted by Gasteiger charge is -2.08. The second-order valence-electron chi connectivity index (χ2n) is 7.84. The van der Waals surface area contributed by atoms with Crippen molar-refractivity contribution in [1.82, 2.24) is 4.98 Å². The standard InChI is InChI=1S/C21H16N2O4.2C2HF3O2/c1-12(22)21(25)27-14-7-8-15-19(10-14)26-11-16(20(15)24)18-9-6-13-4-2-3-5-17(13)23-18;2*3-2(4,5)1(6)7/h2-12H,22H2,1H3;2*(H,6,7). The number of hydrogen-bond donors (Lipinski definition) is 3. The minimum absolute atomic E-state index is 0.205. The number of aliphatic carboxylic acids is 2. The van der Waals surface area contributed by atoms with Gasteiger partial charge in [0, 0.05) is 11.5 Å². The molecule has 0 amide bonds. The average Bonchev–Trinajstić information content (AvgIpc) is 2.88. The summed E-state index contributed by atoms with van der Waals surface area (Å²) < 4.78 is 74.2. The summed E-state index contributed by atoms with van der Waals surface area (Å²) in [6.45, 7) is 1.53. The molecule has 0 fully saturated rings. The van der Waals surface area contributed by atoms with Gasteiger partial charge < -0.3 is 25.1 Å². The van der Waals surface area contributed by atoms with Gasteiger partial charge in [0.1, 0.15) is 23.6 Å². The first kappa shape index (κ1) is 32.2. The van der Waals surface area contributed by atoms with Gasteiger partial charge in [-0.15, -0.1) is 0 Å². The Morgan fingerprint density at radius 3 is 2.02 bits per heavy atom. The minimum atomic E-state index is -5.08. The van der Waals surface area contributed by atoms with Gasteiger partial charge in [0.25, 0.3) is 0 Å². The number of nitrogens with two attached hydrogens (primary N) is 1. The molecule has 0 aliphatic heterocycles. The molecule has 218 valence electrons. The molecule has 0 saturated carbocycles. The van der Waals surface area contributed by atoms with Crippen LogP contribution in [0.4, 0.5) is 26.3 Å². The number of para-hydroxylation sites is 1. The molecule has 4 rings (SSSR count). The van der Waals surface area contributed by atoms with Crippen molar-refractivity contribution in [2.75, 3.05) is 0 Å². The highest BCUT2D eigenvalue weighted by atomic mass is 19.4. The van der Waals surface area contributed by atoms with Crippen LogP contribution in [0.5, 0.6) is 5.75 Å². The zero-order valence-electron chi connectivity index (χ0n) is 20.5. The number of esters is 1. The summed E-state index contributed by atoms with van der Waals surface area (Å²) in [6.07, 6.45) is -8.79. The molecule has 0 aliphatic carbocycles. The van der Waals surface area contributed by atoms with Crippen LogP contribution in [-0.2, 0) is 14.4 Å². The molecular formula is C25H18F6N2O8. The molecule has 0 saturated heterocycles. The highest BCUT2D eigenvalue weighted by Crippen LogP contribution is 2.24. The number of ether oxygens (including phenoxy) is 1. The first-order valence-electron chi connectivity index (χ1n) is 10.9. The SMILES string of the molecule is CC(N)C(=O)Oc1ccc2c(=O)c(-c3ccc4ccccc4n3)coc2c1.O=C(O)C(F)(F)F.O=C(O)C(F)(F)F. The zero-order valence-corrected chi connectivity index (χ0v) is 20.5. The Labute approximate surface area is 224 Å². The van der Waals surface area contributed by atoms with Crippen molar-refractivity contribution in [2.45, 2.75) is 25.3 Å². The van der Waals surface area contributed by atoms with Crippen LogP contribution in [0.1, 0.15) is 6.92 Å². The van der Waals surface area contributed by atoms with E-state index in [2.05, 4.69) is 4.98 Å². The van der Waals surface area contributed by atoms with Gasteiger partial charge in [-0.3, -0.25) is 4.79 Å². The van der Waals surface area contributed by atoms with E-state index in [0.717, 1.165) is 10.9 Å². The van der Waals surface area contributed by atoms with E-state index in [4.69, 9.17) is 34.7 Å². The molecule has 41 heavy (non-hydrogen) atoms. The lowest BCUT2D eigenvalue weighted by atomic mass is 10.1. The number of carbonyl (C=O) groups is 3. The monoisotopic (exact) mass is 588 g/mol. The van der Waals surface area contributed by atoms with Crippen molar-refractivity contribution in [3.8, 4) is 17.0 Å². The molecule has 1 unspecified atom stereocenters. The van der Waals surface area contributed by atoms with Gasteiger partial charge in [0.05, 0.1) is 22.2 Å². The van der Waals surface area contributed by atoms with Gasteiger partial charge in [-0.25, -0.2) is 19.4 Å². The summed E-state index contributed by atoms with van der Waals surface area (Å²) in [5.41, 5.74) is 7.31. The fourth-order valence-corrected chi connectivity index (χ4v) is 2.77. The highest BCUT2D eigenvalue weighted by molar-refractivity contribution is 5.86. The quantitative estimate of drug-likeness (QED) is 0.176. The van der Waals surface area contributed by atoms with E-state index >= 15 is 0 Å². The zero-order chi connectivity index (χ0) is 31.1. The first-order valence-corrected chi connectivity index (χ1v) is 10.9. The summed E-state index contributed by atoms with van der Waals surface area (Å²) in [7, 11) is 0. The van der Waals surface area contributed by atoms with Gasteiger partial charge in [0.15, 0.2) is 0 Å². The number of alkyl halides is 6. The fourth-order valence-electron chi connectivity index (χ4n) is 2.77. The van der Waals surface area contributed by atoms with Crippen molar-refractivity contribution in [3.05, 3.63) is 71.1 Å². The van der Waals surface area contributed by atoms with E-state index in [0.29, 0.717) is 22.2 Å². The van der Waals surface area contributed by atoms with Crippen LogP contribution in [0.15, 0.2) is 70.1 Å². The van der Waals surface area contributed by atoms with Crippen LogP contribution in [0.3, 0.4) is 0 Å². The van der Waals surface area contributed by atoms with E-state index in [-0.39, 0.29) is 11.2 Å². The molecule has 2 aromatic heterocycles. The van der Waals surface area contributed by atoms with Crippen LogP contribution in [0, 0.1) is 0 Å². The fraction of sp³-hybridized carbons (Fsp3) is 0.160. The van der Waals surface area contributed by atoms with Crippen molar-refractivity contribution < 1.29 is 60.1 Å². The Kier molecular flexibility index (Phi) is 10.1. The molecule has 4 N–H and O–H groups in total. The first-order chi connectivity index (χ1) is 18.9. The Morgan fingerprint density at radius 1 is 0.927 bits per heavy atom. The number of hydrogen-bond acceptors (Lipinski definition) is 8. The van der Waals surface area contributed by atoms with E-state index in [1.54, 1.807) is 12.1 Å². The highest BCUT2D eigenvalue weighted by Gasteiger charge is 2.38. The Morgan fingerprint density at radius 2 is 1.49 bits per heavy atom. The third-order valence-corrected chi connectivity index (χ3v) is 4.70. The van der Waals surface area contributed by atoms with Crippen LogP contribution < -0.4 is 15.9 Å². The predicted octanol–water partition coefficient (Wildman–Crippen LogP) is 4.53. The van der Waals surface area contributed by atoms with Crippen LogP contribution >= 0.6 is 0 Å². The largest absolute Gasteiger partial charge is 0.490 e. The summed E-state index contributed by atoms with van der Waals surface area (Å²) in [6, 6.07) is 15.2. The number of carboxylic acids is 2.